The summed E-state index contributed by atoms with van der Waals surface area (Å²) in [6, 6.07) is -0.502. The summed E-state index contributed by atoms with van der Waals surface area (Å²) in [5, 5.41) is -0.174. The minimum atomic E-state index is -0.588. The second kappa shape index (κ2) is 4.08. The van der Waals surface area contributed by atoms with Crippen LogP contribution in [0, 0.1) is 0 Å². The van der Waals surface area contributed by atoms with Crippen molar-refractivity contribution in [3.63, 3.8) is 0 Å². The molecule has 0 aliphatic carbocycles. The zero-order valence-electron chi connectivity index (χ0n) is 7.57. The first kappa shape index (κ1) is 11.4. The molecule has 2 aliphatic heterocycles. The fourth-order valence-corrected chi connectivity index (χ4v) is 3.91. The Morgan fingerprint density at radius 3 is 2.93 bits per heavy atom. The third kappa shape index (κ3) is 1.63. The van der Waals surface area contributed by atoms with Gasteiger partial charge in [0.25, 0.3) is 5.24 Å². The van der Waals surface area contributed by atoms with E-state index in [1.165, 1.54) is 4.90 Å². The number of nitrogens with zero attached hydrogens (tertiary/aromatic N) is 1. The molecule has 7 heteroatoms. The van der Waals surface area contributed by atoms with E-state index in [-0.39, 0.29) is 11.3 Å². The van der Waals surface area contributed by atoms with Gasteiger partial charge in [0.1, 0.15) is 17.1 Å². The van der Waals surface area contributed by atoms with E-state index in [4.69, 9.17) is 17.3 Å². The van der Waals surface area contributed by atoms with Crippen molar-refractivity contribution in [2.75, 3.05) is 11.1 Å². The van der Waals surface area contributed by atoms with E-state index in [0.29, 0.717) is 16.8 Å². The normalized spacial score (nSPS) is 30.1. The van der Waals surface area contributed by atoms with Gasteiger partial charge in [-0.05, 0) is 17.2 Å². The van der Waals surface area contributed by atoms with Crippen molar-refractivity contribution in [2.45, 2.75) is 11.4 Å². The van der Waals surface area contributed by atoms with Crippen LogP contribution in [0.2, 0.25) is 0 Å². The quantitative estimate of drug-likeness (QED) is 0.462. The lowest BCUT2D eigenvalue weighted by atomic mass is 10.1. The summed E-state index contributed by atoms with van der Waals surface area (Å²) in [5.41, 5.74) is 6.78. The van der Waals surface area contributed by atoms with Gasteiger partial charge in [-0.15, -0.1) is 11.8 Å². The molecule has 82 valence electrons. The molecule has 1 fully saturated rings. The lowest BCUT2D eigenvalue weighted by Crippen LogP contribution is -2.68. The average Bonchev–Trinajstić information content (AvgIpc) is 2.25. The van der Waals surface area contributed by atoms with Crippen LogP contribution >= 0.6 is 39.3 Å². The number of carbonyl (C=O) groups is 2. The highest BCUT2D eigenvalue weighted by atomic mass is 79.9. The predicted molar refractivity (Wildman–Crippen MR) is 62.7 cm³/mol. The number of halogens is 2. The minimum absolute atomic E-state index is 0.127. The molecule has 0 radical (unpaired) electrons. The van der Waals surface area contributed by atoms with Crippen LogP contribution in [0.25, 0.3) is 0 Å². The van der Waals surface area contributed by atoms with Crippen LogP contribution in [0.4, 0.5) is 0 Å². The average molecular weight is 312 g/mol. The second-order valence-electron chi connectivity index (χ2n) is 3.30. The first-order valence-electron chi connectivity index (χ1n) is 4.26. The van der Waals surface area contributed by atoms with Crippen LogP contribution in [0.3, 0.4) is 0 Å². The van der Waals surface area contributed by atoms with E-state index in [1.54, 1.807) is 11.8 Å². The Morgan fingerprint density at radius 1 is 1.73 bits per heavy atom. The maximum absolute atomic E-state index is 11.5. The molecule has 2 rings (SSSR count). The van der Waals surface area contributed by atoms with Gasteiger partial charge in [-0.25, -0.2) is 0 Å². The summed E-state index contributed by atoms with van der Waals surface area (Å²) < 4.78 is 0. The Bertz CT molecular complexity index is 374. The predicted octanol–water partition coefficient (Wildman–Crippen LogP) is 0.643. The number of alkyl halides is 1. The molecule has 2 aliphatic rings. The molecule has 0 spiro atoms. The van der Waals surface area contributed by atoms with Crippen LogP contribution in [0.15, 0.2) is 11.3 Å². The van der Waals surface area contributed by atoms with Gasteiger partial charge < -0.3 is 5.73 Å². The summed E-state index contributed by atoms with van der Waals surface area (Å²) in [5.74, 6) is 0.455. The number of amides is 1. The van der Waals surface area contributed by atoms with Gasteiger partial charge in [-0.2, -0.15) is 0 Å². The SMILES string of the molecule is N[C@@H]1C(=O)N2C(C(=O)Cl)=C(CBr)CS[C@@H]12. The lowest BCUT2D eigenvalue weighted by molar-refractivity contribution is -0.142. The van der Waals surface area contributed by atoms with Crippen molar-refractivity contribution < 1.29 is 9.59 Å². The summed E-state index contributed by atoms with van der Waals surface area (Å²) in [6.07, 6.45) is 0. The highest BCUT2D eigenvalue weighted by Gasteiger charge is 2.51. The maximum atomic E-state index is 11.5. The molecule has 0 unspecified atom stereocenters. The van der Waals surface area contributed by atoms with E-state index in [9.17, 15) is 9.59 Å². The molecule has 1 saturated heterocycles. The monoisotopic (exact) mass is 310 g/mol. The van der Waals surface area contributed by atoms with Crippen LogP contribution in [-0.4, -0.2) is 38.5 Å². The number of carbonyl (C=O) groups excluding carboxylic acids is 2. The van der Waals surface area contributed by atoms with Gasteiger partial charge in [0.05, 0.1) is 0 Å². The summed E-state index contributed by atoms with van der Waals surface area (Å²) in [6.45, 7) is 0. The molecule has 4 nitrogen and oxygen atoms in total. The van der Waals surface area contributed by atoms with Crippen molar-refractivity contribution >= 4 is 50.4 Å². The molecule has 2 heterocycles. The Kier molecular flexibility index (Phi) is 3.12. The lowest BCUT2D eigenvalue weighted by Gasteiger charge is -2.48. The van der Waals surface area contributed by atoms with Gasteiger partial charge in [0.15, 0.2) is 0 Å². The zero-order chi connectivity index (χ0) is 11.2. The van der Waals surface area contributed by atoms with Gasteiger partial charge in [-0.1, -0.05) is 15.9 Å². The standard InChI is InChI=1S/C8H8BrClN2O2S/c9-1-3-2-15-8-4(11)7(14)12(8)5(3)6(10)13/h4,8H,1-2,11H2/t4-,8+/m1/s1. The largest absolute Gasteiger partial charge is 0.317 e. The number of thioether (sulfide) groups is 1. The molecule has 0 bridgehead atoms. The topological polar surface area (TPSA) is 63.4 Å². The third-order valence-corrected chi connectivity index (χ3v) is 4.65. The molecule has 2 atom stereocenters. The number of β-lactam (4-membered cyclic amide) rings is 1. The number of allylic oxidation sites excluding steroid dienone is 1. The number of rotatable bonds is 2. The minimum Gasteiger partial charge on any atom is -0.317 e. The first-order chi connectivity index (χ1) is 7.07. The van der Waals surface area contributed by atoms with Crippen molar-refractivity contribution in [3.05, 3.63) is 11.3 Å². The van der Waals surface area contributed by atoms with Crippen LogP contribution in [0.5, 0.6) is 0 Å². The van der Waals surface area contributed by atoms with E-state index in [1.807, 2.05) is 0 Å². The second-order valence-corrected chi connectivity index (χ2v) is 5.30. The molecular formula is C8H8BrClN2O2S. The van der Waals surface area contributed by atoms with Crippen LogP contribution < -0.4 is 5.73 Å². The number of hydrogen-bond acceptors (Lipinski definition) is 4. The molecular weight excluding hydrogens is 304 g/mol. The Labute approximate surface area is 104 Å². The van der Waals surface area contributed by atoms with Gasteiger partial charge in [0, 0.05) is 11.1 Å². The molecule has 0 aromatic heterocycles. The molecule has 1 amide bonds. The molecule has 0 aromatic rings. The Balaban J connectivity index is 2.38. The third-order valence-electron chi connectivity index (χ3n) is 2.44. The Hall–Kier alpha value is -0.0400. The van der Waals surface area contributed by atoms with Crippen LogP contribution in [-0.2, 0) is 9.59 Å². The molecule has 0 aromatic carbocycles. The van der Waals surface area contributed by atoms with Crippen molar-refractivity contribution in [1.82, 2.24) is 4.90 Å². The van der Waals surface area contributed by atoms with E-state index in [0.717, 1.165) is 5.57 Å². The summed E-state index contributed by atoms with van der Waals surface area (Å²) >= 11 is 10.3. The fraction of sp³-hybridized carbons (Fsp3) is 0.500. The van der Waals surface area contributed by atoms with E-state index < -0.39 is 11.3 Å². The fourth-order valence-electron chi connectivity index (χ4n) is 1.66. The molecule has 15 heavy (non-hydrogen) atoms. The number of nitrogens with two attached hydrogens (primary N) is 1. The molecule has 2 N–H and O–H groups in total. The number of fused-ring (bicyclic) bond motifs is 1. The summed E-state index contributed by atoms with van der Waals surface area (Å²) in [4.78, 5) is 24.2. The van der Waals surface area contributed by atoms with Crippen molar-refractivity contribution in [3.8, 4) is 0 Å². The van der Waals surface area contributed by atoms with Crippen LogP contribution in [0.1, 0.15) is 0 Å². The highest BCUT2D eigenvalue weighted by Crippen LogP contribution is 2.40. The van der Waals surface area contributed by atoms with Gasteiger partial charge in [-0.3, -0.25) is 14.5 Å². The Morgan fingerprint density at radius 2 is 2.40 bits per heavy atom. The smallest absolute Gasteiger partial charge is 0.268 e. The highest BCUT2D eigenvalue weighted by molar-refractivity contribution is 9.09. The number of hydrogen-bond donors (Lipinski definition) is 1. The van der Waals surface area contributed by atoms with Gasteiger partial charge in [0.2, 0.25) is 5.91 Å². The first-order valence-corrected chi connectivity index (χ1v) is 6.80. The van der Waals surface area contributed by atoms with Crippen molar-refractivity contribution in [1.29, 1.82) is 0 Å². The maximum Gasteiger partial charge on any atom is 0.268 e. The van der Waals surface area contributed by atoms with Crippen molar-refractivity contribution in [2.24, 2.45) is 5.73 Å². The van der Waals surface area contributed by atoms with E-state index >= 15 is 0 Å². The summed E-state index contributed by atoms with van der Waals surface area (Å²) in [7, 11) is 0. The van der Waals surface area contributed by atoms with Gasteiger partial charge >= 0.3 is 0 Å². The molecule has 0 saturated carbocycles. The van der Waals surface area contributed by atoms with E-state index in [2.05, 4.69) is 15.9 Å². The zero-order valence-corrected chi connectivity index (χ0v) is 10.7.